The van der Waals surface area contributed by atoms with Gasteiger partial charge in [-0.2, -0.15) is 4.57 Å². The lowest BCUT2D eigenvalue weighted by molar-refractivity contribution is -0.870. The van der Waals surface area contributed by atoms with Crippen LogP contribution in [0.3, 0.4) is 0 Å². The van der Waals surface area contributed by atoms with E-state index in [1.807, 2.05) is 12.1 Å². The molecule has 0 fully saturated rings. The number of nitrogens with one attached hydrogen (secondary N) is 1. The number of fused-ring (bicyclic) bond motifs is 4. The van der Waals surface area contributed by atoms with E-state index in [1.165, 1.54) is 10.9 Å². The molecule has 2 aromatic carbocycles. The van der Waals surface area contributed by atoms with Crippen LogP contribution in [0.1, 0.15) is 6.42 Å². The van der Waals surface area contributed by atoms with Gasteiger partial charge in [-0.1, -0.05) is 12.1 Å². The van der Waals surface area contributed by atoms with Crippen molar-refractivity contribution in [1.29, 1.82) is 0 Å². The number of aromatic nitrogens is 1. The van der Waals surface area contributed by atoms with Gasteiger partial charge in [0, 0.05) is 12.6 Å². The van der Waals surface area contributed by atoms with Gasteiger partial charge in [0.1, 0.15) is 31.5 Å². The molecule has 0 aliphatic heterocycles. The summed E-state index contributed by atoms with van der Waals surface area (Å²) >= 11 is 0. The van der Waals surface area contributed by atoms with Gasteiger partial charge in [0.25, 0.3) is 5.52 Å². The van der Waals surface area contributed by atoms with Crippen LogP contribution >= 0.6 is 0 Å². The van der Waals surface area contributed by atoms with Crippen LogP contribution in [0.4, 0.5) is 5.69 Å². The van der Waals surface area contributed by atoms with E-state index >= 15 is 0 Å². The van der Waals surface area contributed by atoms with Crippen LogP contribution in [-0.2, 0) is 7.05 Å². The Bertz CT molecular complexity index is 1250. The number of nitrogens with zero attached hydrogens (tertiary/aromatic N) is 3. The van der Waals surface area contributed by atoms with Crippen molar-refractivity contribution >= 4 is 38.7 Å². The Morgan fingerprint density at radius 2 is 1.76 bits per heavy atom. The van der Waals surface area contributed by atoms with Crippen LogP contribution in [-0.4, -0.2) is 70.9 Å². The van der Waals surface area contributed by atoms with E-state index in [1.54, 1.807) is 0 Å². The fourth-order valence-electron chi connectivity index (χ4n) is 4.10. The molecule has 0 radical (unpaired) electrons. The third-order valence-electron chi connectivity index (χ3n) is 5.85. The summed E-state index contributed by atoms with van der Waals surface area (Å²) in [6.07, 6.45) is 1.06. The van der Waals surface area contributed by atoms with Crippen molar-refractivity contribution in [3.05, 3.63) is 42.5 Å². The number of anilines is 1. The van der Waals surface area contributed by atoms with E-state index in [4.69, 9.17) is 9.15 Å². The summed E-state index contributed by atoms with van der Waals surface area (Å²) in [5, 5.41) is 5.92. The summed E-state index contributed by atoms with van der Waals surface area (Å²) in [5.41, 5.74) is 5.10. The zero-order valence-electron chi connectivity index (χ0n) is 21.0. The highest BCUT2D eigenvalue weighted by atomic mass is 127. The Kier molecular flexibility index (Phi) is 10.2. The number of quaternary nitrogens is 1. The van der Waals surface area contributed by atoms with Crippen LogP contribution in [0.2, 0.25) is 0 Å². The topological polar surface area (TPSA) is 41.5 Å². The standard InChI is InChI=1S/C26H35N4O2.2HI/c1-28(2)15-9-14-27-24-20-10-7-8-11-22(20)29(3)25-21-18-19(31-17-16-30(4,5)6)12-13-23(21)32-26(24)25;;/h7-8,10-13,18H,9,14-17H2,1-6H3;2*1H/q+1;;/p-1. The molecular formula is C26H36I2N4O2. The number of benzene rings is 2. The predicted octanol–water partition coefficient (Wildman–Crippen LogP) is -1.98. The number of pyridine rings is 1. The SMILES string of the molecule is CN(C)CCCNc1c2ccccc2[n+](C)c2c1oc1ccc(OCC[N+](C)(C)C)cc12.[I-].[I-]. The number of rotatable bonds is 9. The second kappa shape index (κ2) is 12.0. The number of likely N-dealkylation sites (N-methyl/N-ethyl adjacent to an activating group) is 1. The minimum absolute atomic E-state index is 0. The van der Waals surface area contributed by atoms with Crippen molar-refractivity contribution in [3.8, 4) is 5.75 Å². The maximum Gasteiger partial charge on any atom is 0.261 e. The molecule has 0 atom stereocenters. The average Bonchev–Trinajstić information content (AvgIpc) is 3.11. The van der Waals surface area contributed by atoms with E-state index < -0.39 is 0 Å². The van der Waals surface area contributed by atoms with Crippen molar-refractivity contribution in [3.63, 3.8) is 0 Å². The molecule has 2 heterocycles. The number of hydrogen-bond donors (Lipinski definition) is 1. The molecule has 0 amide bonds. The molecule has 0 saturated heterocycles. The van der Waals surface area contributed by atoms with Crippen molar-refractivity contribution in [1.82, 2.24) is 4.90 Å². The fourth-order valence-corrected chi connectivity index (χ4v) is 4.10. The van der Waals surface area contributed by atoms with Gasteiger partial charge < -0.3 is 71.8 Å². The fraction of sp³-hybridized carbons (Fsp3) is 0.423. The number of halogens is 2. The first-order valence-electron chi connectivity index (χ1n) is 11.3. The zero-order valence-corrected chi connectivity index (χ0v) is 25.3. The summed E-state index contributed by atoms with van der Waals surface area (Å²) in [4.78, 5) is 2.21. The van der Waals surface area contributed by atoms with Gasteiger partial charge in [-0.05, 0) is 51.3 Å². The molecule has 34 heavy (non-hydrogen) atoms. The minimum Gasteiger partial charge on any atom is -1.00 e. The maximum absolute atomic E-state index is 6.41. The van der Waals surface area contributed by atoms with E-state index in [0.717, 1.165) is 64.0 Å². The highest BCUT2D eigenvalue weighted by Crippen LogP contribution is 2.37. The largest absolute Gasteiger partial charge is 1.00 e. The number of para-hydroxylation sites is 1. The first kappa shape index (κ1) is 28.9. The van der Waals surface area contributed by atoms with Crippen LogP contribution < -0.4 is 62.6 Å². The number of aryl methyl sites for hydroxylation is 1. The maximum atomic E-state index is 6.41. The second-order valence-electron chi connectivity index (χ2n) is 9.83. The molecule has 0 aliphatic carbocycles. The van der Waals surface area contributed by atoms with Crippen LogP contribution in [0, 0.1) is 0 Å². The highest BCUT2D eigenvalue weighted by Gasteiger charge is 2.24. The molecule has 8 heteroatoms. The summed E-state index contributed by atoms with van der Waals surface area (Å²) in [6, 6.07) is 14.6. The monoisotopic (exact) mass is 690 g/mol. The van der Waals surface area contributed by atoms with E-state index in [9.17, 15) is 0 Å². The van der Waals surface area contributed by atoms with Gasteiger partial charge in [0.15, 0.2) is 0 Å². The predicted molar refractivity (Wildman–Crippen MR) is 132 cm³/mol. The third-order valence-corrected chi connectivity index (χ3v) is 5.85. The summed E-state index contributed by atoms with van der Waals surface area (Å²) in [6.45, 7) is 3.56. The molecule has 4 aromatic rings. The van der Waals surface area contributed by atoms with Gasteiger partial charge in [0.05, 0.1) is 37.6 Å². The van der Waals surface area contributed by atoms with Crippen molar-refractivity contribution in [2.75, 3.05) is 66.8 Å². The first-order chi connectivity index (χ1) is 15.2. The van der Waals surface area contributed by atoms with E-state index in [-0.39, 0.29) is 48.0 Å². The van der Waals surface area contributed by atoms with Crippen molar-refractivity contribution in [2.24, 2.45) is 7.05 Å². The zero-order chi connectivity index (χ0) is 22.9. The average molecular weight is 690 g/mol. The summed E-state index contributed by atoms with van der Waals surface area (Å²) in [5.74, 6) is 0.877. The summed E-state index contributed by atoms with van der Waals surface area (Å²) in [7, 11) is 12.8. The van der Waals surface area contributed by atoms with Crippen molar-refractivity contribution < 1.29 is 66.2 Å². The minimum atomic E-state index is 0. The van der Waals surface area contributed by atoms with Gasteiger partial charge in [0.2, 0.25) is 11.1 Å². The van der Waals surface area contributed by atoms with Crippen LogP contribution in [0.5, 0.6) is 5.75 Å². The van der Waals surface area contributed by atoms with Crippen molar-refractivity contribution in [2.45, 2.75) is 6.42 Å². The number of ether oxygens (including phenoxy) is 1. The Morgan fingerprint density at radius 3 is 2.47 bits per heavy atom. The van der Waals surface area contributed by atoms with E-state index in [0.29, 0.717) is 6.61 Å². The highest BCUT2D eigenvalue weighted by molar-refractivity contribution is 6.11. The first-order valence-corrected chi connectivity index (χ1v) is 11.3. The molecule has 0 unspecified atom stereocenters. The summed E-state index contributed by atoms with van der Waals surface area (Å²) < 4.78 is 15.6. The second-order valence-corrected chi connectivity index (χ2v) is 9.83. The van der Waals surface area contributed by atoms with E-state index in [2.05, 4.69) is 87.4 Å². The normalized spacial score (nSPS) is 11.6. The number of furan rings is 1. The molecule has 2 aromatic heterocycles. The van der Waals surface area contributed by atoms with Gasteiger partial charge in [-0.15, -0.1) is 0 Å². The lowest BCUT2D eigenvalue weighted by atomic mass is 10.1. The molecule has 0 spiro atoms. The van der Waals surface area contributed by atoms with Gasteiger partial charge >= 0.3 is 0 Å². The Balaban J connectivity index is 0.00000204. The molecule has 0 saturated carbocycles. The Hall–Kier alpha value is -1.37. The molecule has 1 N–H and O–H groups in total. The molecule has 0 bridgehead atoms. The van der Waals surface area contributed by atoms with Crippen LogP contribution in [0.15, 0.2) is 46.9 Å². The van der Waals surface area contributed by atoms with Gasteiger partial charge in [-0.25, -0.2) is 0 Å². The van der Waals surface area contributed by atoms with Gasteiger partial charge in [-0.3, -0.25) is 0 Å². The Morgan fingerprint density at radius 1 is 1.03 bits per heavy atom. The molecule has 6 nitrogen and oxygen atoms in total. The lowest BCUT2D eigenvalue weighted by Crippen LogP contribution is -3.00. The quantitative estimate of drug-likeness (QED) is 0.0959. The number of hydrogen-bond acceptors (Lipinski definition) is 4. The third kappa shape index (κ3) is 6.44. The molecule has 186 valence electrons. The molecule has 4 rings (SSSR count). The molecular weight excluding hydrogens is 654 g/mol. The lowest BCUT2D eigenvalue weighted by Gasteiger charge is -2.23. The Labute approximate surface area is 236 Å². The molecule has 0 aliphatic rings. The van der Waals surface area contributed by atoms with Crippen LogP contribution in [0.25, 0.3) is 33.0 Å². The smallest absolute Gasteiger partial charge is 0.261 e.